The lowest BCUT2D eigenvalue weighted by molar-refractivity contribution is 0.0985. The van der Waals surface area contributed by atoms with Gasteiger partial charge in [-0.05, 0) is 62.6 Å². The molecule has 27 heavy (non-hydrogen) atoms. The number of anilines is 1. The number of carbonyl (C=O) groups excluding carboxylic acids is 1. The molecule has 4 nitrogen and oxygen atoms in total. The second-order valence-corrected chi connectivity index (χ2v) is 7.83. The zero-order valence-corrected chi connectivity index (χ0v) is 16.4. The molecule has 1 aliphatic heterocycles. The third-order valence-electron chi connectivity index (χ3n) is 4.73. The molecule has 0 N–H and O–H groups in total. The van der Waals surface area contributed by atoms with Gasteiger partial charge in [-0.25, -0.2) is 4.98 Å². The van der Waals surface area contributed by atoms with Gasteiger partial charge in [-0.3, -0.25) is 4.79 Å². The Bertz CT molecular complexity index is 963. The van der Waals surface area contributed by atoms with E-state index in [4.69, 9.17) is 4.74 Å². The molecule has 2 aromatic carbocycles. The van der Waals surface area contributed by atoms with Gasteiger partial charge in [0.1, 0.15) is 17.4 Å². The molecule has 1 amide bonds. The molecule has 0 spiro atoms. The van der Waals surface area contributed by atoms with E-state index in [0.29, 0.717) is 12.2 Å². The van der Waals surface area contributed by atoms with E-state index in [9.17, 15) is 4.79 Å². The van der Waals surface area contributed by atoms with Crippen molar-refractivity contribution in [2.45, 2.75) is 33.3 Å². The maximum Gasteiger partial charge on any atom is 0.258 e. The van der Waals surface area contributed by atoms with Gasteiger partial charge < -0.3 is 9.64 Å². The van der Waals surface area contributed by atoms with Crippen molar-refractivity contribution < 1.29 is 9.53 Å². The average Bonchev–Trinajstić information content (AvgIpc) is 3.11. The highest BCUT2D eigenvalue weighted by Gasteiger charge is 2.23. The van der Waals surface area contributed by atoms with Gasteiger partial charge in [0.25, 0.3) is 5.91 Å². The van der Waals surface area contributed by atoms with Gasteiger partial charge >= 0.3 is 0 Å². The van der Waals surface area contributed by atoms with Crippen LogP contribution in [-0.4, -0.2) is 17.4 Å². The van der Waals surface area contributed by atoms with Crippen molar-refractivity contribution in [3.8, 4) is 5.75 Å². The standard InChI is InChI=1S/C22H22N2O2S/c1-15-5-10-20-18(12-15)4-3-11-24(20)22(25)17-6-8-19(9-7-17)26-13-21-23-16(2)14-27-21/h5-10,12,14H,3-4,11,13H2,1-2H3. The average molecular weight is 378 g/mol. The van der Waals surface area contributed by atoms with Crippen LogP contribution in [0.3, 0.4) is 0 Å². The van der Waals surface area contributed by atoms with Gasteiger partial charge in [0.05, 0.1) is 0 Å². The molecule has 0 aliphatic carbocycles. The zero-order valence-electron chi connectivity index (χ0n) is 15.6. The molecule has 4 rings (SSSR count). The summed E-state index contributed by atoms with van der Waals surface area (Å²) in [5.41, 5.74) is 5.22. The highest BCUT2D eigenvalue weighted by molar-refractivity contribution is 7.09. The Morgan fingerprint density at radius 3 is 2.74 bits per heavy atom. The van der Waals surface area contributed by atoms with Crippen LogP contribution in [-0.2, 0) is 13.0 Å². The van der Waals surface area contributed by atoms with Gasteiger partial charge in [-0.1, -0.05) is 17.7 Å². The molecule has 1 aromatic heterocycles. The van der Waals surface area contributed by atoms with Crippen LogP contribution in [0.2, 0.25) is 0 Å². The van der Waals surface area contributed by atoms with Crippen molar-refractivity contribution in [3.63, 3.8) is 0 Å². The van der Waals surface area contributed by atoms with Crippen LogP contribution >= 0.6 is 11.3 Å². The summed E-state index contributed by atoms with van der Waals surface area (Å²) in [5, 5.41) is 2.96. The SMILES string of the molecule is Cc1ccc2c(c1)CCCN2C(=O)c1ccc(OCc2nc(C)cs2)cc1. The molecule has 0 unspecified atom stereocenters. The van der Waals surface area contributed by atoms with Gasteiger partial charge in [-0.15, -0.1) is 11.3 Å². The van der Waals surface area contributed by atoms with Crippen LogP contribution in [0.15, 0.2) is 47.8 Å². The molecule has 138 valence electrons. The number of aryl methyl sites for hydroxylation is 3. The van der Waals surface area contributed by atoms with E-state index in [2.05, 4.69) is 30.1 Å². The Kier molecular flexibility index (Phi) is 4.94. The smallest absolute Gasteiger partial charge is 0.258 e. The van der Waals surface area contributed by atoms with E-state index in [1.807, 2.05) is 41.5 Å². The highest BCUT2D eigenvalue weighted by Crippen LogP contribution is 2.29. The van der Waals surface area contributed by atoms with Crippen molar-refractivity contribution in [2.24, 2.45) is 0 Å². The topological polar surface area (TPSA) is 42.4 Å². The fraction of sp³-hybridized carbons (Fsp3) is 0.273. The van der Waals surface area contributed by atoms with Gasteiger partial charge in [-0.2, -0.15) is 0 Å². The van der Waals surface area contributed by atoms with E-state index < -0.39 is 0 Å². The number of nitrogens with zero attached hydrogens (tertiary/aromatic N) is 2. The number of hydrogen-bond donors (Lipinski definition) is 0. The monoisotopic (exact) mass is 378 g/mol. The van der Waals surface area contributed by atoms with Crippen molar-refractivity contribution in [3.05, 3.63) is 75.2 Å². The van der Waals surface area contributed by atoms with Crippen LogP contribution in [0.25, 0.3) is 0 Å². The molecular weight excluding hydrogens is 356 g/mol. The first kappa shape index (κ1) is 17.7. The zero-order chi connectivity index (χ0) is 18.8. The van der Waals surface area contributed by atoms with E-state index in [0.717, 1.165) is 41.5 Å². The number of hydrogen-bond acceptors (Lipinski definition) is 4. The first-order valence-corrected chi connectivity index (χ1v) is 10.0. The maximum atomic E-state index is 13.0. The van der Waals surface area contributed by atoms with Gasteiger partial charge in [0.2, 0.25) is 0 Å². The van der Waals surface area contributed by atoms with E-state index in [1.165, 1.54) is 11.1 Å². The van der Waals surface area contributed by atoms with Crippen molar-refractivity contribution in [1.82, 2.24) is 4.98 Å². The van der Waals surface area contributed by atoms with Crippen LogP contribution in [0.4, 0.5) is 5.69 Å². The molecule has 0 atom stereocenters. The first-order chi connectivity index (χ1) is 13.1. The summed E-state index contributed by atoms with van der Waals surface area (Å²) in [5.74, 6) is 0.788. The van der Waals surface area contributed by atoms with E-state index in [1.54, 1.807) is 11.3 Å². The molecule has 5 heteroatoms. The van der Waals surface area contributed by atoms with Crippen molar-refractivity contribution in [1.29, 1.82) is 0 Å². The third-order valence-corrected chi connectivity index (χ3v) is 5.67. The third kappa shape index (κ3) is 3.88. The molecule has 1 aliphatic rings. The minimum atomic E-state index is 0.0434. The van der Waals surface area contributed by atoms with E-state index in [-0.39, 0.29) is 5.91 Å². The van der Waals surface area contributed by atoms with Crippen LogP contribution < -0.4 is 9.64 Å². The first-order valence-electron chi connectivity index (χ1n) is 9.15. The van der Waals surface area contributed by atoms with Gasteiger partial charge in [0.15, 0.2) is 0 Å². The minimum absolute atomic E-state index is 0.0434. The van der Waals surface area contributed by atoms with E-state index >= 15 is 0 Å². The number of aromatic nitrogens is 1. The molecule has 0 fully saturated rings. The second-order valence-electron chi connectivity index (χ2n) is 6.89. The summed E-state index contributed by atoms with van der Waals surface area (Å²) in [4.78, 5) is 19.3. The normalized spacial score (nSPS) is 13.3. The summed E-state index contributed by atoms with van der Waals surface area (Å²) >= 11 is 1.59. The molecule has 2 heterocycles. The molecule has 0 bridgehead atoms. The number of amides is 1. The fourth-order valence-electron chi connectivity index (χ4n) is 3.40. The minimum Gasteiger partial charge on any atom is -0.486 e. The fourth-order valence-corrected chi connectivity index (χ4v) is 4.08. The Morgan fingerprint density at radius 2 is 2.00 bits per heavy atom. The lowest BCUT2D eigenvalue weighted by Gasteiger charge is -2.30. The van der Waals surface area contributed by atoms with Crippen LogP contribution in [0.1, 0.15) is 38.6 Å². The number of rotatable bonds is 4. The second kappa shape index (κ2) is 7.53. The molecule has 0 saturated heterocycles. The summed E-state index contributed by atoms with van der Waals surface area (Å²) < 4.78 is 5.78. The predicted octanol–water partition coefficient (Wildman–Crippen LogP) is 4.93. The van der Waals surface area contributed by atoms with Crippen LogP contribution in [0, 0.1) is 13.8 Å². The summed E-state index contributed by atoms with van der Waals surface area (Å²) in [7, 11) is 0. The Hall–Kier alpha value is -2.66. The Morgan fingerprint density at radius 1 is 1.19 bits per heavy atom. The lowest BCUT2D eigenvalue weighted by Crippen LogP contribution is -2.35. The summed E-state index contributed by atoms with van der Waals surface area (Å²) in [6.07, 6.45) is 2.03. The number of ether oxygens (including phenoxy) is 1. The number of fused-ring (bicyclic) bond motifs is 1. The molecular formula is C22H22N2O2S. The largest absolute Gasteiger partial charge is 0.486 e. The van der Waals surface area contributed by atoms with Gasteiger partial charge in [0, 0.05) is 28.9 Å². The quantitative estimate of drug-likeness (QED) is 0.646. The number of benzene rings is 2. The Labute approximate surface area is 163 Å². The Balaban J connectivity index is 1.47. The lowest BCUT2D eigenvalue weighted by atomic mass is 9.99. The highest BCUT2D eigenvalue weighted by atomic mass is 32.1. The maximum absolute atomic E-state index is 13.0. The molecule has 0 radical (unpaired) electrons. The number of thiazole rings is 1. The van der Waals surface area contributed by atoms with Crippen molar-refractivity contribution >= 4 is 22.9 Å². The van der Waals surface area contributed by atoms with Crippen molar-refractivity contribution in [2.75, 3.05) is 11.4 Å². The molecule has 0 saturated carbocycles. The van der Waals surface area contributed by atoms with Crippen LogP contribution in [0.5, 0.6) is 5.75 Å². The number of carbonyl (C=O) groups is 1. The molecule has 3 aromatic rings. The predicted molar refractivity (Wildman–Crippen MR) is 109 cm³/mol. The summed E-state index contributed by atoms with van der Waals surface area (Å²) in [6, 6.07) is 13.7. The summed E-state index contributed by atoms with van der Waals surface area (Å²) in [6.45, 7) is 5.27.